The van der Waals surface area contributed by atoms with Gasteiger partial charge in [-0.05, 0) is 41.6 Å². The van der Waals surface area contributed by atoms with Gasteiger partial charge in [0.1, 0.15) is 12.0 Å². The molecule has 0 aliphatic carbocycles. The highest BCUT2D eigenvalue weighted by Gasteiger charge is 2.14. The normalized spacial score (nSPS) is 11.0. The number of oxazole rings is 1. The fourth-order valence-corrected chi connectivity index (χ4v) is 2.73. The second-order valence-corrected chi connectivity index (χ2v) is 6.20. The summed E-state index contributed by atoms with van der Waals surface area (Å²) in [4.78, 5) is 16.9. The maximum Gasteiger partial charge on any atom is 0.368 e. The number of aryl methyl sites for hydroxylation is 1. The molecule has 7 nitrogen and oxygen atoms in total. The average Bonchev–Trinajstić information content (AvgIpc) is 3.24. The van der Waals surface area contributed by atoms with Crippen LogP contribution in [-0.4, -0.2) is 24.8 Å². The third-order valence-corrected chi connectivity index (χ3v) is 4.20. The standard InChI is InChI=1S/C18H14ClN5O2/c1-12-6-8-13(9-7-12)17-20-14(11-26-17)10-23-18(25)24(22-21-23)16-5-3-2-4-15(16)19/h2-9,11H,10H2,1H3. The molecule has 2 heterocycles. The number of para-hydroxylation sites is 1. The molecule has 0 fully saturated rings. The molecule has 26 heavy (non-hydrogen) atoms. The van der Waals surface area contributed by atoms with Gasteiger partial charge in [0.15, 0.2) is 0 Å². The maximum atomic E-state index is 12.5. The Bertz CT molecular complexity index is 1110. The number of hydrogen-bond acceptors (Lipinski definition) is 5. The third kappa shape index (κ3) is 3.04. The summed E-state index contributed by atoms with van der Waals surface area (Å²) < 4.78 is 7.88. The van der Waals surface area contributed by atoms with E-state index < -0.39 is 5.69 Å². The predicted octanol–water partition coefficient (Wildman–Crippen LogP) is 3.09. The van der Waals surface area contributed by atoms with Crippen molar-refractivity contribution in [1.29, 1.82) is 0 Å². The molecule has 0 saturated heterocycles. The lowest BCUT2D eigenvalue weighted by Gasteiger charge is -2.00. The number of halogens is 1. The zero-order chi connectivity index (χ0) is 18.1. The first-order chi connectivity index (χ1) is 12.6. The van der Waals surface area contributed by atoms with E-state index in [9.17, 15) is 4.79 Å². The summed E-state index contributed by atoms with van der Waals surface area (Å²) in [5, 5.41) is 8.21. The second-order valence-electron chi connectivity index (χ2n) is 5.79. The molecule has 0 unspecified atom stereocenters. The molecule has 0 saturated carbocycles. The second kappa shape index (κ2) is 6.61. The topological polar surface area (TPSA) is 78.7 Å². The van der Waals surface area contributed by atoms with E-state index in [1.165, 1.54) is 10.9 Å². The Hall–Kier alpha value is -3.19. The zero-order valence-corrected chi connectivity index (χ0v) is 14.6. The van der Waals surface area contributed by atoms with E-state index in [0.29, 0.717) is 22.3 Å². The Morgan fingerprint density at radius 1 is 1.08 bits per heavy atom. The van der Waals surface area contributed by atoms with Crippen molar-refractivity contribution in [2.24, 2.45) is 0 Å². The summed E-state index contributed by atoms with van der Waals surface area (Å²) in [5.41, 5.74) is 2.68. The van der Waals surface area contributed by atoms with Gasteiger partial charge in [-0.3, -0.25) is 0 Å². The summed E-state index contributed by atoms with van der Waals surface area (Å²) in [7, 11) is 0. The van der Waals surface area contributed by atoms with Gasteiger partial charge in [-0.1, -0.05) is 41.4 Å². The van der Waals surface area contributed by atoms with Gasteiger partial charge in [-0.2, -0.15) is 9.36 Å². The van der Waals surface area contributed by atoms with Crippen LogP contribution in [0.2, 0.25) is 5.02 Å². The smallest absolute Gasteiger partial charge is 0.368 e. The molecular formula is C18H14ClN5O2. The highest BCUT2D eigenvalue weighted by molar-refractivity contribution is 6.32. The molecular weight excluding hydrogens is 354 g/mol. The molecule has 2 aromatic carbocycles. The van der Waals surface area contributed by atoms with Crippen molar-refractivity contribution < 1.29 is 4.42 Å². The minimum atomic E-state index is -0.405. The molecule has 0 radical (unpaired) electrons. The van der Waals surface area contributed by atoms with Gasteiger partial charge in [-0.25, -0.2) is 9.78 Å². The lowest BCUT2D eigenvalue weighted by molar-refractivity contribution is 0.567. The van der Waals surface area contributed by atoms with Crippen LogP contribution in [0, 0.1) is 6.92 Å². The van der Waals surface area contributed by atoms with Crippen LogP contribution in [0.5, 0.6) is 0 Å². The van der Waals surface area contributed by atoms with Crippen LogP contribution in [0.1, 0.15) is 11.3 Å². The Balaban J connectivity index is 1.60. The van der Waals surface area contributed by atoms with Crippen molar-refractivity contribution in [3.05, 3.63) is 81.6 Å². The molecule has 2 aromatic heterocycles. The van der Waals surface area contributed by atoms with E-state index in [0.717, 1.165) is 15.8 Å². The number of benzene rings is 2. The molecule has 130 valence electrons. The zero-order valence-electron chi connectivity index (χ0n) is 13.8. The predicted molar refractivity (Wildman–Crippen MR) is 96.4 cm³/mol. The SMILES string of the molecule is Cc1ccc(-c2nc(Cn3nnn(-c4ccccc4Cl)c3=O)co2)cc1. The van der Waals surface area contributed by atoms with Crippen LogP contribution in [0.4, 0.5) is 0 Å². The Morgan fingerprint density at radius 2 is 1.85 bits per heavy atom. The fraction of sp³-hybridized carbons (Fsp3) is 0.111. The number of hydrogen-bond donors (Lipinski definition) is 0. The van der Waals surface area contributed by atoms with Gasteiger partial charge in [0.2, 0.25) is 5.89 Å². The number of aromatic nitrogens is 5. The van der Waals surface area contributed by atoms with Gasteiger partial charge >= 0.3 is 5.69 Å². The quantitative estimate of drug-likeness (QED) is 0.553. The molecule has 0 amide bonds. The van der Waals surface area contributed by atoms with Crippen LogP contribution in [0.3, 0.4) is 0 Å². The van der Waals surface area contributed by atoms with Crippen molar-refractivity contribution in [2.75, 3.05) is 0 Å². The summed E-state index contributed by atoms with van der Waals surface area (Å²) in [6.07, 6.45) is 1.51. The van der Waals surface area contributed by atoms with Gasteiger partial charge in [0.05, 0.1) is 17.3 Å². The third-order valence-electron chi connectivity index (χ3n) is 3.88. The number of rotatable bonds is 4. The minimum Gasteiger partial charge on any atom is -0.444 e. The van der Waals surface area contributed by atoms with Crippen molar-refractivity contribution in [2.45, 2.75) is 13.5 Å². The first kappa shape index (κ1) is 16.3. The molecule has 4 aromatic rings. The molecule has 0 atom stereocenters. The molecule has 0 aliphatic rings. The van der Waals surface area contributed by atoms with Gasteiger partial charge in [0, 0.05) is 5.56 Å². The first-order valence-corrected chi connectivity index (χ1v) is 8.29. The number of nitrogens with zero attached hydrogens (tertiary/aromatic N) is 5. The monoisotopic (exact) mass is 367 g/mol. The summed E-state index contributed by atoms with van der Waals surface area (Å²) in [6, 6.07) is 14.8. The largest absolute Gasteiger partial charge is 0.444 e. The van der Waals surface area contributed by atoms with Gasteiger partial charge in [-0.15, -0.1) is 0 Å². The highest BCUT2D eigenvalue weighted by atomic mass is 35.5. The van der Waals surface area contributed by atoms with Crippen molar-refractivity contribution in [3.8, 4) is 17.1 Å². The van der Waals surface area contributed by atoms with Crippen LogP contribution in [0.15, 0.2) is 64.0 Å². The fourth-order valence-electron chi connectivity index (χ4n) is 2.51. The summed E-state index contributed by atoms with van der Waals surface area (Å²) >= 11 is 6.12. The van der Waals surface area contributed by atoms with Crippen molar-refractivity contribution >= 4 is 11.6 Å². The molecule has 8 heteroatoms. The van der Waals surface area contributed by atoms with Crippen molar-refractivity contribution in [3.63, 3.8) is 0 Å². The van der Waals surface area contributed by atoms with Crippen molar-refractivity contribution in [1.82, 2.24) is 24.8 Å². The highest BCUT2D eigenvalue weighted by Crippen LogP contribution is 2.19. The molecule has 0 aliphatic heterocycles. The maximum absolute atomic E-state index is 12.5. The van der Waals surface area contributed by atoms with Crippen LogP contribution in [0.25, 0.3) is 17.1 Å². The van der Waals surface area contributed by atoms with E-state index in [-0.39, 0.29) is 6.54 Å². The van der Waals surface area contributed by atoms with E-state index >= 15 is 0 Å². The first-order valence-electron chi connectivity index (χ1n) is 7.91. The lowest BCUT2D eigenvalue weighted by atomic mass is 10.1. The Morgan fingerprint density at radius 3 is 2.62 bits per heavy atom. The molecule has 0 bridgehead atoms. The van der Waals surface area contributed by atoms with Crippen LogP contribution in [-0.2, 0) is 6.54 Å². The summed E-state index contributed by atoms with van der Waals surface area (Å²) in [5.74, 6) is 0.492. The van der Waals surface area contributed by atoms with Crippen LogP contribution >= 0.6 is 11.6 Å². The van der Waals surface area contributed by atoms with E-state index in [4.69, 9.17) is 16.0 Å². The minimum absolute atomic E-state index is 0.151. The lowest BCUT2D eigenvalue weighted by Crippen LogP contribution is -2.25. The summed E-state index contributed by atoms with van der Waals surface area (Å²) in [6.45, 7) is 2.16. The Labute approximate surface area is 153 Å². The van der Waals surface area contributed by atoms with E-state index in [1.807, 2.05) is 31.2 Å². The van der Waals surface area contributed by atoms with Crippen LogP contribution < -0.4 is 5.69 Å². The molecule has 0 N–H and O–H groups in total. The number of tetrazole rings is 1. The van der Waals surface area contributed by atoms with Gasteiger partial charge in [0.25, 0.3) is 0 Å². The molecule has 0 spiro atoms. The van der Waals surface area contributed by atoms with Gasteiger partial charge < -0.3 is 4.42 Å². The average molecular weight is 368 g/mol. The van der Waals surface area contributed by atoms with E-state index in [2.05, 4.69) is 15.4 Å². The molecule has 4 rings (SSSR count). The van der Waals surface area contributed by atoms with E-state index in [1.54, 1.807) is 24.3 Å². The Kier molecular flexibility index (Phi) is 4.14.